The Bertz CT molecular complexity index is 1290. The maximum absolute atomic E-state index is 13.3. The highest BCUT2D eigenvalue weighted by Gasteiger charge is 2.14. The van der Waals surface area contributed by atoms with E-state index in [4.69, 9.17) is 4.98 Å². The average molecular weight is 430 g/mol. The predicted octanol–water partition coefficient (Wildman–Crippen LogP) is 4.69. The summed E-state index contributed by atoms with van der Waals surface area (Å²) in [6, 6.07) is 22.8. The van der Waals surface area contributed by atoms with Gasteiger partial charge in [0.2, 0.25) is 0 Å². The standard InChI is InChI=1S/C25H23N3O2S/c1-17-8-14-20(15-9-17)28-24(30)21-6-4-5-7-22(21)26-25(28)31-16-18-10-12-19(13-11-18)23(29)27(2)3/h4-15H,16H2,1-3H3. The largest absolute Gasteiger partial charge is 0.345 e. The van der Waals surface area contributed by atoms with Crippen molar-refractivity contribution in [3.63, 3.8) is 0 Å². The maximum Gasteiger partial charge on any atom is 0.266 e. The van der Waals surface area contributed by atoms with Crippen LogP contribution in [0.1, 0.15) is 21.5 Å². The van der Waals surface area contributed by atoms with Gasteiger partial charge in [-0.1, -0.05) is 53.7 Å². The van der Waals surface area contributed by atoms with E-state index in [0.29, 0.717) is 27.4 Å². The molecule has 4 aromatic rings. The molecule has 4 rings (SSSR count). The third-order valence-corrected chi connectivity index (χ3v) is 6.02. The lowest BCUT2D eigenvalue weighted by Crippen LogP contribution is -2.22. The average Bonchev–Trinajstić information content (AvgIpc) is 2.78. The zero-order valence-electron chi connectivity index (χ0n) is 17.7. The summed E-state index contributed by atoms with van der Waals surface area (Å²) >= 11 is 1.51. The maximum atomic E-state index is 13.3. The number of hydrogen-bond acceptors (Lipinski definition) is 4. The van der Waals surface area contributed by atoms with Crippen molar-refractivity contribution >= 4 is 28.6 Å². The monoisotopic (exact) mass is 429 g/mol. The Labute approximate surface area is 185 Å². The number of fused-ring (bicyclic) bond motifs is 1. The van der Waals surface area contributed by atoms with Crippen molar-refractivity contribution in [2.24, 2.45) is 0 Å². The highest BCUT2D eigenvalue weighted by molar-refractivity contribution is 7.98. The molecule has 1 amide bonds. The number of carbonyl (C=O) groups excluding carboxylic acids is 1. The third-order valence-electron chi connectivity index (χ3n) is 5.01. The number of para-hydroxylation sites is 1. The number of rotatable bonds is 5. The Balaban J connectivity index is 1.70. The number of carbonyl (C=O) groups is 1. The molecule has 0 saturated heterocycles. The third kappa shape index (κ3) is 4.39. The van der Waals surface area contributed by atoms with Crippen molar-refractivity contribution in [1.29, 1.82) is 0 Å². The van der Waals surface area contributed by atoms with E-state index in [1.165, 1.54) is 11.8 Å². The second kappa shape index (κ2) is 8.78. The van der Waals surface area contributed by atoms with Crippen molar-refractivity contribution in [2.75, 3.05) is 14.1 Å². The summed E-state index contributed by atoms with van der Waals surface area (Å²) in [7, 11) is 3.48. The number of thioether (sulfide) groups is 1. The molecular formula is C25H23N3O2S. The van der Waals surface area contributed by atoms with Gasteiger partial charge in [0.1, 0.15) is 0 Å². The Hall–Kier alpha value is -3.38. The number of nitrogens with zero attached hydrogens (tertiary/aromatic N) is 3. The van der Waals surface area contributed by atoms with Crippen molar-refractivity contribution in [3.8, 4) is 5.69 Å². The highest BCUT2D eigenvalue weighted by atomic mass is 32.2. The van der Waals surface area contributed by atoms with Crippen LogP contribution in [-0.2, 0) is 5.75 Å². The summed E-state index contributed by atoms with van der Waals surface area (Å²) < 4.78 is 1.68. The second-order valence-electron chi connectivity index (χ2n) is 7.57. The van der Waals surface area contributed by atoms with Gasteiger partial charge >= 0.3 is 0 Å². The highest BCUT2D eigenvalue weighted by Crippen LogP contribution is 2.25. The molecule has 0 N–H and O–H groups in total. The van der Waals surface area contributed by atoms with Crippen LogP contribution in [0.4, 0.5) is 0 Å². The second-order valence-corrected chi connectivity index (χ2v) is 8.52. The van der Waals surface area contributed by atoms with Gasteiger partial charge in [0, 0.05) is 25.4 Å². The van der Waals surface area contributed by atoms with E-state index in [-0.39, 0.29) is 11.5 Å². The van der Waals surface area contributed by atoms with Crippen LogP contribution in [0.2, 0.25) is 0 Å². The van der Waals surface area contributed by atoms with Crippen molar-refractivity contribution in [2.45, 2.75) is 17.8 Å². The van der Waals surface area contributed by atoms with E-state index >= 15 is 0 Å². The minimum Gasteiger partial charge on any atom is -0.345 e. The van der Waals surface area contributed by atoms with Gasteiger partial charge in [0.15, 0.2) is 5.16 Å². The molecule has 0 spiro atoms. The lowest BCUT2D eigenvalue weighted by atomic mass is 10.1. The first kappa shape index (κ1) is 20.9. The molecule has 0 fully saturated rings. The summed E-state index contributed by atoms with van der Waals surface area (Å²) in [4.78, 5) is 31.7. The molecule has 1 aromatic heterocycles. The van der Waals surface area contributed by atoms with Gasteiger partial charge in [0.05, 0.1) is 16.6 Å². The Morgan fingerprint density at radius 1 is 0.968 bits per heavy atom. The van der Waals surface area contributed by atoms with Crippen LogP contribution in [0.25, 0.3) is 16.6 Å². The van der Waals surface area contributed by atoms with Gasteiger partial charge in [-0.2, -0.15) is 0 Å². The first-order valence-corrected chi connectivity index (χ1v) is 10.9. The summed E-state index contributed by atoms with van der Waals surface area (Å²) in [6.45, 7) is 2.02. The van der Waals surface area contributed by atoms with Crippen LogP contribution in [-0.4, -0.2) is 34.5 Å². The fraction of sp³-hybridized carbons (Fsp3) is 0.160. The molecule has 31 heavy (non-hydrogen) atoms. The van der Waals surface area contributed by atoms with Crippen molar-refractivity contribution < 1.29 is 4.79 Å². The fourth-order valence-electron chi connectivity index (χ4n) is 3.28. The normalized spacial score (nSPS) is 10.9. The molecule has 0 atom stereocenters. The molecule has 1 heterocycles. The van der Waals surface area contributed by atoms with E-state index in [9.17, 15) is 9.59 Å². The number of aryl methyl sites for hydroxylation is 1. The van der Waals surface area contributed by atoms with E-state index in [0.717, 1.165) is 16.8 Å². The minimum absolute atomic E-state index is 0.0244. The Kier molecular flexibility index (Phi) is 5.91. The molecule has 0 aliphatic rings. The zero-order chi connectivity index (χ0) is 22.0. The SMILES string of the molecule is Cc1ccc(-n2c(SCc3ccc(C(=O)N(C)C)cc3)nc3ccccc3c2=O)cc1. The van der Waals surface area contributed by atoms with E-state index in [1.54, 1.807) is 23.6 Å². The Morgan fingerprint density at radius 2 is 1.65 bits per heavy atom. The lowest BCUT2D eigenvalue weighted by Gasteiger charge is -2.14. The topological polar surface area (TPSA) is 55.2 Å². The molecule has 0 aliphatic carbocycles. The van der Waals surface area contributed by atoms with Crippen LogP contribution in [0.3, 0.4) is 0 Å². The van der Waals surface area contributed by atoms with Gasteiger partial charge in [-0.3, -0.25) is 14.2 Å². The molecule has 156 valence electrons. The van der Waals surface area contributed by atoms with Crippen LogP contribution in [0.15, 0.2) is 82.7 Å². The van der Waals surface area contributed by atoms with Crippen LogP contribution >= 0.6 is 11.8 Å². The lowest BCUT2D eigenvalue weighted by molar-refractivity contribution is 0.0827. The minimum atomic E-state index is -0.0797. The van der Waals surface area contributed by atoms with E-state index < -0.39 is 0 Å². The molecule has 0 saturated carbocycles. The van der Waals surface area contributed by atoms with Gasteiger partial charge in [-0.15, -0.1) is 0 Å². The molecular weight excluding hydrogens is 406 g/mol. The molecule has 0 unspecified atom stereocenters. The van der Waals surface area contributed by atoms with Crippen molar-refractivity contribution in [1.82, 2.24) is 14.5 Å². The smallest absolute Gasteiger partial charge is 0.266 e. The van der Waals surface area contributed by atoms with Crippen molar-refractivity contribution in [3.05, 3.63) is 99.8 Å². The summed E-state index contributed by atoms with van der Waals surface area (Å²) in [6.07, 6.45) is 0. The summed E-state index contributed by atoms with van der Waals surface area (Å²) in [5.41, 5.74) is 4.24. The fourth-order valence-corrected chi connectivity index (χ4v) is 4.25. The zero-order valence-corrected chi connectivity index (χ0v) is 18.5. The molecule has 5 nitrogen and oxygen atoms in total. The van der Waals surface area contributed by atoms with Gasteiger partial charge in [-0.25, -0.2) is 4.98 Å². The van der Waals surface area contributed by atoms with Gasteiger partial charge in [0.25, 0.3) is 11.5 Å². The van der Waals surface area contributed by atoms with Gasteiger partial charge in [-0.05, 0) is 48.9 Å². The summed E-state index contributed by atoms with van der Waals surface area (Å²) in [5, 5.41) is 1.24. The van der Waals surface area contributed by atoms with Gasteiger partial charge < -0.3 is 4.90 Å². The van der Waals surface area contributed by atoms with Crippen LogP contribution < -0.4 is 5.56 Å². The van der Waals surface area contributed by atoms with Crippen LogP contribution in [0.5, 0.6) is 0 Å². The van der Waals surface area contributed by atoms with E-state index in [1.807, 2.05) is 79.7 Å². The number of benzene rings is 3. The number of amides is 1. The first-order chi connectivity index (χ1) is 14.9. The molecule has 0 aliphatic heterocycles. The Morgan fingerprint density at radius 3 is 2.32 bits per heavy atom. The van der Waals surface area contributed by atoms with Crippen LogP contribution in [0, 0.1) is 6.92 Å². The van der Waals surface area contributed by atoms with E-state index in [2.05, 4.69) is 0 Å². The molecule has 6 heteroatoms. The molecule has 0 radical (unpaired) electrons. The summed E-state index contributed by atoms with van der Waals surface area (Å²) in [5.74, 6) is 0.608. The number of aromatic nitrogens is 2. The quantitative estimate of drug-likeness (QED) is 0.341. The first-order valence-electron chi connectivity index (χ1n) is 9.96. The predicted molar refractivity (Wildman–Crippen MR) is 126 cm³/mol. The molecule has 3 aromatic carbocycles. The number of hydrogen-bond donors (Lipinski definition) is 0. The molecule has 0 bridgehead atoms.